The van der Waals surface area contributed by atoms with E-state index >= 15 is 0 Å². The van der Waals surface area contributed by atoms with E-state index in [4.69, 9.17) is 9.84 Å². The second-order valence-electron chi connectivity index (χ2n) is 3.39. The van der Waals surface area contributed by atoms with Crippen molar-refractivity contribution in [3.8, 4) is 5.75 Å². The van der Waals surface area contributed by atoms with Crippen molar-refractivity contribution in [2.75, 3.05) is 13.7 Å². The molecule has 2 nitrogen and oxygen atoms in total. The topological polar surface area (TPSA) is 29.5 Å². The first-order chi connectivity index (χ1) is 6.81. The summed E-state index contributed by atoms with van der Waals surface area (Å²) in [5.41, 5.74) is 1.28. The van der Waals surface area contributed by atoms with Crippen LogP contribution in [-0.4, -0.2) is 18.8 Å². The molecular formula is C12H18O2. The summed E-state index contributed by atoms with van der Waals surface area (Å²) in [6.45, 7) is 2.40. The number of aliphatic hydroxyl groups excluding tert-OH is 1. The van der Waals surface area contributed by atoms with Gasteiger partial charge in [-0.3, -0.25) is 0 Å². The standard InChI is InChI=1S/C12H18O2/c1-3-10(8-9-13)11-4-6-12(14-2)7-5-11/h4-7,10,13H,3,8-9H2,1-2H3. The van der Waals surface area contributed by atoms with Crippen molar-refractivity contribution in [3.05, 3.63) is 29.8 Å². The molecule has 0 radical (unpaired) electrons. The number of methoxy groups -OCH3 is 1. The van der Waals surface area contributed by atoms with Gasteiger partial charge in [0.2, 0.25) is 0 Å². The maximum atomic E-state index is 8.91. The van der Waals surface area contributed by atoms with Crippen LogP contribution < -0.4 is 4.74 Å². The zero-order chi connectivity index (χ0) is 10.4. The van der Waals surface area contributed by atoms with Gasteiger partial charge in [0.1, 0.15) is 5.75 Å². The fraction of sp³-hybridized carbons (Fsp3) is 0.500. The SMILES string of the molecule is CCC(CCO)c1ccc(OC)cc1. The largest absolute Gasteiger partial charge is 0.497 e. The van der Waals surface area contributed by atoms with Crippen LogP contribution in [0.4, 0.5) is 0 Å². The number of ether oxygens (including phenoxy) is 1. The first-order valence-electron chi connectivity index (χ1n) is 5.06. The summed E-state index contributed by atoms with van der Waals surface area (Å²) >= 11 is 0. The zero-order valence-corrected chi connectivity index (χ0v) is 8.86. The van der Waals surface area contributed by atoms with Gasteiger partial charge in [0, 0.05) is 6.61 Å². The highest BCUT2D eigenvalue weighted by molar-refractivity contribution is 5.29. The first-order valence-corrected chi connectivity index (χ1v) is 5.06. The lowest BCUT2D eigenvalue weighted by Crippen LogP contribution is -2.00. The lowest BCUT2D eigenvalue weighted by atomic mass is 9.94. The Hall–Kier alpha value is -1.02. The Kier molecular flexibility index (Phi) is 4.47. The molecular weight excluding hydrogens is 176 g/mol. The minimum absolute atomic E-state index is 0.254. The van der Waals surface area contributed by atoms with Crippen LogP contribution in [0.2, 0.25) is 0 Å². The number of benzene rings is 1. The molecule has 1 atom stereocenters. The van der Waals surface area contributed by atoms with Gasteiger partial charge in [-0.25, -0.2) is 0 Å². The Morgan fingerprint density at radius 3 is 2.36 bits per heavy atom. The zero-order valence-electron chi connectivity index (χ0n) is 8.86. The molecule has 1 rings (SSSR count). The summed E-state index contributed by atoms with van der Waals surface area (Å²) in [7, 11) is 1.67. The lowest BCUT2D eigenvalue weighted by molar-refractivity contribution is 0.274. The summed E-state index contributed by atoms with van der Waals surface area (Å²) < 4.78 is 5.09. The molecule has 0 amide bonds. The fourth-order valence-corrected chi connectivity index (χ4v) is 1.64. The van der Waals surface area contributed by atoms with Crippen LogP contribution in [0.15, 0.2) is 24.3 Å². The van der Waals surface area contributed by atoms with Gasteiger partial charge in [-0.1, -0.05) is 19.1 Å². The van der Waals surface area contributed by atoms with Crippen LogP contribution in [-0.2, 0) is 0 Å². The van der Waals surface area contributed by atoms with Crippen molar-refractivity contribution in [3.63, 3.8) is 0 Å². The van der Waals surface area contributed by atoms with Gasteiger partial charge < -0.3 is 9.84 Å². The molecule has 0 heterocycles. The van der Waals surface area contributed by atoms with Crippen molar-refractivity contribution in [2.24, 2.45) is 0 Å². The van der Waals surface area contributed by atoms with Crippen LogP contribution in [0.5, 0.6) is 5.75 Å². The number of hydrogen-bond acceptors (Lipinski definition) is 2. The summed E-state index contributed by atoms with van der Waals surface area (Å²) in [4.78, 5) is 0. The molecule has 0 aliphatic heterocycles. The third-order valence-corrected chi connectivity index (χ3v) is 2.56. The molecule has 1 aromatic carbocycles. The molecule has 2 heteroatoms. The van der Waals surface area contributed by atoms with Crippen LogP contribution in [0.3, 0.4) is 0 Å². The molecule has 78 valence electrons. The van der Waals surface area contributed by atoms with Crippen molar-refractivity contribution in [1.29, 1.82) is 0 Å². The highest BCUT2D eigenvalue weighted by atomic mass is 16.5. The Morgan fingerprint density at radius 1 is 1.29 bits per heavy atom. The molecule has 0 aliphatic carbocycles. The predicted molar refractivity (Wildman–Crippen MR) is 57.7 cm³/mol. The summed E-state index contributed by atoms with van der Waals surface area (Å²) in [5.74, 6) is 1.35. The molecule has 0 aliphatic rings. The van der Waals surface area contributed by atoms with Crippen molar-refractivity contribution < 1.29 is 9.84 Å². The van der Waals surface area contributed by atoms with E-state index in [9.17, 15) is 0 Å². The monoisotopic (exact) mass is 194 g/mol. The lowest BCUT2D eigenvalue weighted by Gasteiger charge is -2.13. The minimum atomic E-state index is 0.254. The summed E-state index contributed by atoms with van der Waals surface area (Å²) in [6, 6.07) is 8.08. The Balaban J connectivity index is 2.73. The maximum absolute atomic E-state index is 8.91. The second kappa shape index (κ2) is 5.66. The predicted octanol–water partition coefficient (Wildman–Crippen LogP) is 2.57. The quantitative estimate of drug-likeness (QED) is 0.780. The van der Waals surface area contributed by atoms with Crippen molar-refractivity contribution in [1.82, 2.24) is 0 Å². The highest BCUT2D eigenvalue weighted by Crippen LogP contribution is 2.24. The first kappa shape index (κ1) is 11.1. The summed E-state index contributed by atoms with van der Waals surface area (Å²) in [5, 5.41) is 8.91. The summed E-state index contributed by atoms with van der Waals surface area (Å²) in [6.07, 6.45) is 1.90. The molecule has 0 bridgehead atoms. The van der Waals surface area contributed by atoms with E-state index < -0.39 is 0 Å². The van der Waals surface area contributed by atoms with Crippen molar-refractivity contribution >= 4 is 0 Å². The van der Waals surface area contributed by atoms with E-state index in [2.05, 4.69) is 19.1 Å². The van der Waals surface area contributed by atoms with Crippen LogP contribution in [0, 0.1) is 0 Å². The van der Waals surface area contributed by atoms with E-state index in [1.54, 1.807) is 7.11 Å². The van der Waals surface area contributed by atoms with Crippen LogP contribution in [0.25, 0.3) is 0 Å². The van der Waals surface area contributed by atoms with E-state index in [-0.39, 0.29) is 6.61 Å². The van der Waals surface area contributed by atoms with E-state index in [0.717, 1.165) is 18.6 Å². The van der Waals surface area contributed by atoms with Crippen LogP contribution in [0.1, 0.15) is 31.2 Å². The van der Waals surface area contributed by atoms with Gasteiger partial charge in [-0.05, 0) is 36.5 Å². The maximum Gasteiger partial charge on any atom is 0.118 e. The number of rotatable bonds is 5. The Morgan fingerprint density at radius 2 is 1.93 bits per heavy atom. The average Bonchev–Trinajstić information content (AvgIpc) is 2.26. The minimum Gasteiger partial charge on any atom is -0.497 e. The Bertz CT molecular complexity index is 254. The van der Waals surface area contributed by atoms with Crippen LogP contribution >= 0.6 is 0 Å². The molecule has 0 saturated heterocycles. The molecule has 0 spiro atoms. The van der Waals surface area contributed by atoms with E-state index in [1.165, 1.54) is 5.56 Å². The molecule has 1 unspecified atom stereocenters. The smallest absolute Gasteiger partial charge is 0.118 e. The van der Waals surface area contributed by atoms with Gasteiger partial charge in [-0.2, -0.15) is 0 Å². The fourth-order valence-electron chi connectivity index (χ4n) is 1.64. The van der Waals surface area contributed by atoms with Gasteiger partial charge in [0.15, 0.2) is 0 Å². The molecule has 0 aromatic heterocycles. The van der Waals surface area contributed by atoms with Gasteiger partial charge in [0.25, 0.3) is 0 Å². The van der Waals surface area contributed by atoms with Gasteiger partial charge in [0.05, 0.1) is 7.11 Å². The normalized spacial score (nSPS) is 12.5. The average molecular weight is 194 g/mol. The van der Waals surface area contributed by atoms with Gasteiger partial charge >= 0.3 is 0 Å². The Labute approximate surface area is 85.5 Å². The third-order valence-electron chi connectivity index (χ3n) is 2.56. The van der Waals surface area contributed by atoms with E-state index in [1.807, 2.05) is 12.1 Å². The highest BCUT2D eigenvalue weighted by Gasteiger charge is 2.07. The molecule has 0 fully saturated rings. The van der Waals surface area contributed by atoms with E-state index in [0.29, 0.717) is 5.92 Å². The third kappa shape index (κ3) is 2.74. The van der Waals surface area contributed by atoms with Gasteiger partial charge in [-0.15, -0.1) is 0 Å². The number of hydrogen-bond donors (Lipinski definition) is 1. The second-order valence-corrected chi connectivity index (χ2v) is 3.39. The van der Waals surface area contributed by atoms with Crippen molar-refractivity contribution in [2.45, 2.75) is 25.7 Å². The molecule has 14 heavy (non-hydrogen) atoms. The molecule has 1 N–H and O–H groups in total. The number of aliphatic hydroxyl groups is 1. The molecule has 0 saturated carbocycles. The molecule has 1 aromatic rings.